The molecule has 3 aromatic carbocycles. The third kappa shape index (κ3) is 5.34. The van der Waals surface area contributed by atoms with Gasteiger partial charge in [0, 0.05) is 5.69 Å². The number of benzene rings is 3. The smallest absolute Gasteiger partial charge is 0.343 e. The molecule has 2 N–H and O–H groups in total. The van der Waals surface area contributed by atoms with Gasteiger partial charge in [-0.15, -0.1) is 0 Å². The van der Waals surface area contributed by atoms with Gasteiger partial charge >= 0.3 is 12.0 Å². The Bertz CT molecular complexity index is 1130. The number of ether oxygens (including phenoxy) is 1. The van der Waals surface area contributed by atoms with Crippen molar-refractivity contribution in [1.29, 1.82) is 0 Å². The summed E-state index contributed by atoms with van der Waals surface area (Å²) in [7, 11) is -4.13. The molecular weight excluding hydrogens is 416 g/mol. The Kier molecular flexibility index (Phi) is 6.16. The highest BCUT2D eigenvalue weighted by atomic mass is 35.5. The average molecular weight is 431 g/mol. The zero-order valence-electron chi connectivity index (χ0n) is 14.8. The lowest BCUT2D eigenvalue weighted by Crippen LogP contribution is -2.34. The average Bonchev–Trinajstić information content (AvgIpc) is 2.69. The van der Waals surface area contributed by atoms with Gasteiger partial charge in [-0.1, -0.05) is 41.9 Å². The molecule has 0 heterocycles. The Morgan fingerprint density at radius 1 is 0.828 bits per heavy atom. The summed E-state index contributed by atoms with van der Waals surface area (Å²) in [5, 5.41) is 2.37. The number of hydrogen-bond acceptors (Lipinski definition) is 5. The maximum Gasteiger partial charge on any atom is 0.343 e. The quantitative estimate of drug-likeness (QED) is 0.469. The summed E-state index contributed by atoms with van der Waals surface area (Å²) < 4.78 is 31.6. The minimum atomic E-state index is -4.13. The van der Waals surface area contributed by atoms with E-state index in [2.05, 4.69) is 5.32 Å². The molecule has 0 spiro atoms. The first-order valence-electron chi connectivity index (χ1n) is 8.31. The number of hydrogen-bond donors (Lipinski definition) is 2. The lowest BCUT2D eigenvalue weighted by Gasteiger charge is -2.10. The molecule has 0 aliphatic carbocycles. The van der Waals surface area contributed by atoms with Crippen LogP contribution in [0.3, 0.4) is 0 Å². The summed E-state index contributed by atoms with van der Waals surface area (Å²) >= 11 is 5.86. The van der Waals surface area contributed by atoms with Gasteiger partial charge < -0.3 is 10.1 Å². The maximum absolute atomic E-state index is 12.3. The summed E-state index contributed by atoms with van der Waals surface area (Å²) in [6.07, 6.45) is 0. The number of nitrogens with one attached hydrogen (secondary N) is 2. The van der Waals surface area contributed by atoms with Gasteiger partial charge in [0.05, 0.1) is 10.6 Å². The van der Waals surface area contributed by atoms with E-state index in [4.69, 9.17) is 16.3 Å². The molecule has 9 heteroatoms. The molecule has 148 valence electrons. The second-order valence-corrected chi connectivity index (χ2v) is 7.83. The van der Waals surface area contributed by atoms with Crippen LogP contribution >= 0.6 is 11.6 Å². The van der Waals surface area contributed by atoms with Gasteiger partial charge in [-0.3, -0.25) is 0 Å². The highest BCUT2D eigenvalue weighted by molar-refractivity contribution is 7.90. The third-order valence-electron chi connectivity index (χ3n) is 3.69. The molecule has 0 aliphatic rings. The normalized spacial score (nSPS) is 10.8. The van der Waals surface area contributed by atoms with E-state index in [1.807, 2.05) is 4.72 Å². The van der Waals surface area contributed by atoms with Crippen molar-refractivity contribution in [2.45, 2.75) is 4.90 Å². The molecular formula is C20H15ClN2O5S. The first-order chi connectivity index (χ1) is 13.8. The monoisotopic (exact) mass is 430 g/mol. The van der Waals surface area contributed by atoms with Gasteiger partial charge in [0.25, 0.3) is 10.0 Å². The standard InChI is InChI=1S/C20H15ClN2O5S/c21-17-8-4-5-9-18(17)29(26,27)23-20(25)22-15-12-10-14(11-13-15)19(24)28-16-6-2-1-3-7-16/h1-13H,(H2,22,23,25). The molecule has 3 aromatic rings. The predicted octanol–water partition coefficient (Wildman–Crippen LogP) is 4.07. The molecule has 3 rings (SSSR count). The van der Waals surface area contributed by atoms with E-state index in [9.17, 15) is 18.0 Å². The number of carbonyl (C=O) groups excluding carboxylic acids is 2. The molecule has 2 amide bonds. The molecule has 7 nitrogen and oxygen atoms in total. The van der Waals surface area contributed by atoms with E-state index in [1.165, 1.54) is 42.5 Å². The number of carbonyl (C=O) groups is 2. The summed E-state index contributed by atoms with van der Waals surface area (Å²) in [5.74, 6) is -0.155. The number of halogens is 1. The number of anilines is 1. The van der Waals surface area contributed by atoms with Crippen molar-refractivity contribution in [2.75, 3.05) is 5.32 Å². The van der Waals surface area contributed by atoms with Gasteiger partial charge in [0.1, 0.15) is 10.6 Å². The topological polar surface area (TPSA) is 102 Å². The molecule has 0 saturated heterocycles. The van der Waals surface area contributed by atoms with E-state index in [0.717, 1.165) is 0 Å². The first-order valence-corrected chi connectivity index (χ1v) is 10.2. The van der Waals surface area contributed by atoms with Crippen molar-refractivity contribution in [3.05, 3.63) is 89.4 Å². The van der Waals surface area contributed by atoms with Crippen LogP contribution in [-0.2, 0) is 10.0 Å². The van der Waals surface area contributed by atoms with Crippen molar-refractivity contribution < 1.29 is 22.7 Å². The molecule has 0 atom stereocenters. The molecule has 29 heavy (non-hydrogen) atoms. The van der Waals surface area contributed by atoms with Gasteiger partial charge in [0.15, 0.2) is 0 Å². The number of para-hydroxylation sites is 1. The fourth-order valence-corrected chi connectivity index (χ4v) is 3.77. The van der Waals surface area contributed by atoms with E-state index in [0.29, 0.717) is 5.75 Å². The molecule has 0 radical (unpaired) electrons. The van der Waals surface area contributed by atoms with E-state index >= 15 is 0 Å². The summed E-state index contributed by atoms with van der Waals surface area (Å²) in [6, 6.07) is 19.2. The second-order valence-electron chi connectivity index (χ2n) is 5.77. The van der Waals surface area contributed by atoms with E-state index in [1.54, 1.807) is 36.4 Å². The first kappa shape index (κ1) is 20.4. The largest absolute Gasteiger partial charge is 0.423 e. The van der Waals surface area contributed by atoms with Crippen molar-refractivity contribution in [1.82, 2.24) is 4.72 Å². The minimum absolute atomic E-state index is 0.00548. The van der Waals surface area contributed by atoms with Crippen LogP contribution in [0.2, 0.25) is 5.02 Å². The van der Waals surface area contributed by atoms with Crippen LogP contribution in [0, 0.1) is 0 Å². The van der Waals surface area contributed by atoms with Gasteiger partial charge in [0.2, 0.25) is 0 Å². The SMILES string of the molecule is O=C(Nc1ccc(C(=O)Oc2ccccc2)cc1)NS(=O)(=O)c1ccccc1Cl. The molecule has 0 fully saturated rings. The molecule has 0 aliphatic heterocycles. The summed E-state index contributed by atoms with van der Waals surface area (Å²) in [4.78, 5) is 23.9. The predicted molar refractivity (Wildman–Crippen MR) is 109 cm³/mol. The van der Waals surface area contributed by atoms with Crippen LogP contribution < -0.4 is 14.8 Å². The number of sulfonamides is 1. The summed E-state index contributed by atoms with van der Waals surface area (Å²) in [5.41, 5.74) is 0.552. The van der Waals surface area contributed by atoms with E-state index in [-0.39, 0.29) is 21.2 Å². The minimum Gasteiger partial charge on any atom is -0.423 e. The van der Waals surface area contributed by atoms with Crippen molar-refractivity contribution in [3.8, 4) is 5.75 Å². The number of esters is 1. The fourth-order valence-electron chi connectivity index (χ4n) is 2.34. The van der Waals surface area contributed by atoms with Crippen molar-refractivity contribution >= 4 is 39.3 Å². The van der Waals surface area contributed by atoms with E-state index < -0.39 is 22.0 Å². The fraction of sp³-hybridized carbons (Fsp3) is 0. The third-order valence-corrected chi connectivity index (χ3v) is 5.52. The highest BCUT2D eigenvalue weighted by Crippen LogP contribution is 2.20. The van der Waals surface area contributed by atoms with Gasteiger partial charge in [-0.25, -0.2) is 22.7 Å². The number of rotatable bonds is 5. The Morgan fingerprint density at radius 3 is 2.10 bits per heavy atom. The number of urea groups is 1. The van der Waals surface area contributed by atoms with Crippen LogP contribution in [0.1, 0.15) is 10.4 Å². The lowest BCUT2D eigenvalue weighted by atomic mass is 10.2. The Balaban J connectivity index is 1.63. The second kappa shape index (κ2) is 8.76. The van der Waals surface area contributed by atoms with Crippen LogP contribution in [0.4, 0.5) is 10.5 Å². The molecule has 0 aromatic heterocycles. The van der Waals surface area contributed by atoms with Crippen LogP contribution in [0.25, 0.3) is 0 Å². The van der Waals surface area contributed by atoms with Crippen molar-refractivity contribution in [3.63, 3.8) is 0 Å². The molecule has 0 bridgehead atoms. The summed E-state index contributed by atoms with van der Waals surface area (Å²) in [6.45, 7) is 0. The van der Waals surface area contributed by atoms with Gasteiger partial charge in [-0.05, 0) is 48.5 Å². The number of amides is 2. The zero-order valence-corrected chi connectivity index (χ0v) is 16.4. The van der Waals surface area contributed by atoms with Crippen molar-refractivity contribution in [2.24, 2.45) is 0 Å². The Labute approximate surface area is 172 Å². The molecule has 0 unspecified atom stereocenters. The Morgan fingerprint density at radius 2 is 1.45 bits per heavy atom. The molecule has 0 saturated carbocycles. The maximum atomic E-state index is 12.3. The highest BCUT2D eigenvalue weighted by Gasteiger charge is 2.20. The van der Waals surface area contributed by atoms with Gasteiger partial charge in [-0.2, -0.15) is 0 Å². The van der Waals surface area contributed by atoms with Crippen LogP contribution in [-0.4, -0.2) is 20.4 Å². The Hall–Kier alpha value is -3.36. The van der Waals surface area contributed by atoms with Crippen LogP contribution in [0.5, 0.6) is 5.75 Å². The van der Waals surface area contributed by atoms with Crippen LogP contribution in [0.15, 0.2) is 83.8 Å². The zero-order chi connectivity index (χ0) is 20.9. The lowest BCUT2D eigenvalue weighted by molar-refractivity contribution is 0.0735.